The molecule has 0 saturated carbocycles. The van der Waals surface area contributed by atoms with Crippen LogP contribution >= 0.6 is 11.3 Å². The number of hydrogen-bond acceptors (Lipinski definition) is 4. The Morgan fingerprint density at radius 1 is 1.61 bits per heavy atom. The van der Waals surface area contributed by atoms with Crippen LogP contribution in [0.2, 0.25) is 0 Å². The predicted octanol–water partition coefficient (Wildman–Crippen LogP) is 2.80. The van der Waals surface area contributed by atoms with E-state index in [1.807, 2.05) is 16.9 Å². The Morgan fingerprint density at radius 3 is 2.94 bits per heavy atom. The Labute approximate surface area is 109 Å². The first-order valence-electron chi connectivity index (χ1n) is 5.55. The molecular weight excluding hydrogens is 252 g/mol. The molecular formula is C12H14N2O3S. The van der Waals surface area contributed by atoms with Crippen molar-refractivity contribution < 1.29 is 14.6 Å². The largest absolute Gasteiger partial charge is 0.486 e. The highest BCUT2D eigenvalue weighted by atomic mass is 32.1. The van der Waals surface area contributed by atoms with Crippen LogP contribution in [0.5, 0.6) is 5.75 Å². The normalized spacial score (nSPS) is 10.8. The van der Waals surface area contributed by atoms with Gasteiger partial charge in [-0.1, -0.05) is 0 Å². The van der Waals surface area contributed by atoms with Crippen molar-refractivity contribution in [3.63, 3.8) is 0 Å². The zero-order valence-electron chi connectivity index (χ0n) is 10.2. The van der Waals surface area contributed by atoms with E-state index in [0.29, 0.717) is 18.4 Å². The van der Waals surface area contributed by atoms with Gasteiger partial charge in [0.15, 0.2) is 0 Å². The van der Waals surface area contributed by atoms with Crippen LogP contribution < -0.4 is 4.74 Å². The van der Waals surface area contributed by atoms with Gasteiger partial charge in [-0.2, -0.15) is 5.10 Å². The van der Waals surface area contributed by atoms with Crippen molar-refractivity contribution in [2.75, 3.05) is 0 Å². The summed E-state index contributed by atoms with van der Waals surface area (Å²) < 4.78 is 7.34. The van der Waals surface area contributed by atoms with Crippen molar-refractivity contribution >= 4 is 17.3 Å². The predicted molar refractivity (Wildman–Crippen MR) is 68.2 cm³/mol. The van der Waals surface area contributed by atoms with Crippen molar-refractivity contribution in [1.82, 2.24) is 9.78 Å². The lowest BCUT2D eigenvalue weighted by atomic mass is 10.4. The second kappa shape index (κ2) is 5.22. The average Bonchev–Trinajstić information content (AvgIpc) is 2.95. The molecule has 2 rings (SSSR count). The SMILES string of the molecule is CC(C)n1ccc(COc2csc(C(=O)O)c2)n1. The van der Waals surface area contributed by atoms with Gasteiger partial charge >= 0.3 is 5.97 Å². The summed E-state index contributed by atoms with van der Waals surface area (Å²) in [5.74, 6) is -0.365. The van der Waals surface area contributed by atoms with Gasteiger partial charge in [0.2, 0.25) is 0 Å². The van der Waals surface area contributed by atoms with E-state index in [4.69, 9.17) is 9.84 Å². The van der Waals surface area contributed by atoms with Crippen LogP contribution in [-0.2, 0) is 6.61 Å². The van der Waals surface area contributed by atoms with Gasteiger partial charge in [0.1, 0.15) is 17.2 Å². The van der Waals surface area contributed by atoms with Crippen molar-refractivity contribution in [3.8, 4) is 5.75 Å². The third-order valence-corrected chi connectivity index (χ3v) is 3.26. The number of aromatic carboxylic acids is 1. The van der Waals surface area contributed by atoms with E-state index < -0.39 is 5.97 Å². The molecule has 0 bridgehead atoms. The van der Waals surface area contributed by atoms with Crippen molar-refractivity contribution in [2.45, 2.75) is 26.5 Å². The highest BCUT2D eigenvalue weighted by Crippen LogP contribution is 2.22. The summed E-state index contributed by atoms with van der Waals surface area (Å²) >= 11 is 1.15. The van der Waals surface area contributed by atoms with Gasteiger partial charge in [0.25, 0.3) is 0 Å². The van der Waals surface area contributed by atoms with E-state index >= 15 is 0 Å². The number of rotatable bonds is 5. The molecule has 0 fully saturated rings. The van der Waals surface area contributed by atoms with Gasteiger partial charge in [0, 0.05) is 23.7 Å². The summed E-state index contributed by atoms with van der Waals surface area (Å²) in [6, 6.07) is 3.73. The summed E-state index contributed by atoms with van der Waals surface area (Å²) in [5, 5.41) is 14.8. The van der Waals surface area contributed by atoms with Gasteiger partial charge in [-0.05, 0) is 19.9 Å². The number of hydrogen-bond donors (Lipinski definition) is 1. The maximum Gasteiger partial charge on any atom is 0.346 e. The molecule has 0 aromatic carbocycles. The van der Waals surface area contributed by atoms with E-state index in [-0.39, 0.29) is 4.88 Å². The van der Waals surface area contributed by atoms with E-state index in [0.717, 1.165) is 17.0 Å². The van der Waals surface area contributed by atoms with Crippen molar-refractivity contribution in [1.29, 1.82) is 0 Å². The van der Waals surface area contributed by atoms with Crippen LogP contribution in [-0.4, -0.2) is 20.9 Å². The molecule has 96 valence electrons. The number of aromatic nitrogens is 2. The quantitative estimate of drug-likeness (QED) is 0.903. The molecule has 1 N–H and O–H groups in total. The molecule has 0 atom stereocenters. The molecule has 0 spiro atoms. The lowest BCUT2D eigenvalue weighted by Crippen LogP contribution is -2.03. The Bertz CT molecular complexity index is 545. The Morgan fingerprint density at radius 2 is 2.39 bits per heavy atom. The third-order valence-electron chi connectivity index (χ3n) is 2.37. The number of nitrogens with zero attached hydrogens (tertiary/aromatic N) is 2. The average molecular weight is 266 g/mol. The van der Waals surface area contributed by atoms with E-state index in [9.17, 15) is 4.79 Å². The van der Waals surface area contributed by atoms with E-state index in [1.165, 1.54) is 6.07 Å². The van der Waals surface area contributed by atoms with E-state index in [2.05, 4.69) is 18.9 Å². The smallest absolute Gasteiger partial charge is 0.346 e. The van der Waals surface area contributed by atoms with Crippen molar-refractivity contribution in [2.24, 2.45) is 0 Å². The summed E-state index contributed by atoms with van der Waals surface area (Å²) in [5.41, 5.74) is 0.826. The molecule has 0 radical (unpaired) electrons. The molecule has 0 unspecified atom stereocenters. The summed E-state index contributed by atoms with van der Waals surface area (Å²) in [6.45, 7) is 4.45. The zero-order valence-corrected chi connectivity index (χ0v) is 11.0. The number of carboxylic acids is 1. The molecule has 0 aliphatic rings. The molecule has 2 aromatic rings. The summed E-state index contributed by atoms with van der Waals surface area (Å²) in [7, 11) is 0. The summed E-state index contributed by atoms with van der Waals surface area (Å²) in [4.78, 5) is 11.0. The fraction of sp³-hybridized carbons (Fsp3) is 0.333. The maximum absolute atomic E-state index is 10.7. The topological polar surface area (TPSA) is 64.3 Å². The number of thiophene rings is 1. The van der Waals surface area contributed by atoms with Gasteiger partial charge in [-0.15, -0.1) is 11.3 Å². The first-order chi connectivity index (χ1) is 8.56. The lowest BCUT2D eigenvalue weighted by Gasteiger charge is -2.04. The first-order valence-corrected chi connectivity index (χ1v) is 6.43. The minimum absolute atomic E-state index is 0.276. The summed E-state index contributed by atoms with van der Waals surface area (Å²) in [6.07, 6.45) is 1.90. The number of ether oxygens (including phenoxy) is 1. The molecule has 6 heteroatoms. The second-order valence-electron chi connectivity index (χ2n) is 4.12. The second-order valence-corrected chi connectivity index (χ2v) is 5.03. The lowest BCUT2D eigenvalue weighted by molar-refractivity contribution is 0.0702. The monoisotopic (exact) mass is 266 g/mol. The number of carboxylic acid groups (broad SMARTS) is 1. The van der Waals surface area contributed by atoms with Gasteiger partial charge in [-0.25, -0.2) is 4.79 Å². The zero-order chi connectivity index (χ0) is 13.1. The molecule has 0 saturated heterocycles. The molecule has 2 heterocycles. The highest BCUT2D eigenvalue weighted by molar-refractivity contribution is 7.12. The highest BCUT2D eigenvalue weighted by Gasteiger charge is 2.08. The molecule has 5 nitrogen and oxygen atoms in total. The van der Waals surface area contributed by atoms with Crippen LogP contribution in [0.15, 0.2) is 23.7 Å². The molecule has 0 aliphatic heterocycles. The van der Waals surface area contributed by atoms with Gasteiger partial charge in [-0.3, -0.25) is 4.68 Å². The fourth-order valence-corrected chi connectivity index (χ4v) is 2.07. The van der Waals surface area contributed by atoms with Gasteiger partial charge < -0.3 is 9.84 Å². The Hall–Kier alpha value is -1.82. The van der Waals surface area contributed by atoms with Crippen LogP contribution in [0, 0.1) is 0 Å². The standard InChI is InChI=1S/C12H14N2O3S/c1-8(2)14-4-3-9(13-14)6-17-10-5-11(12(15)16)18-7-10/h3-5,7-8H,6H2,1-2H3,(H,15,16). The Kier molecular flexibility index (Phi) is 3.66. The van der Waals surface area contributed by atoms with E-state index in [1.54, 1.807) is 5.38 Å². The van der Waals surface area contributed by atoms with Crippen LogP contribution in [0.4, 0.5) is 0 Å². The fourth-order valence-electron chi connectivity index (χ4n) is 1.41. The third kappa shape index (κ3) is 2.89. The van der Waals surface area contributed by atoms with Crippen molar-refractivity contribution in [3.05, 3.63) is 34.3 Å². The van der Waals surface area contributed by atoms with Crippen LogP contribution in [0.1, 0.15) is 35.3 Å². The number of carbonyl (C=O) groups is 1. The van der Waals surface area contributed by atoms with Gasteiger partial charge in [0.05, 0.1) is 5.69 Å². The first kappa shape index (κ1) is 12.6. The van der Waals surface area contributed by atoms with Crippen LogP contribution in [0.25, 0.3) is 0 Å². The minimum Gasteiger partial charge on any atom is -0.486 e. The molecule has 2 aromatic heterocycles. The molecule has 18 heavy (non-hydrogen) atoms. The van der Waals surface area contributed by atoms with Crippen LogP contribution in [0.3, 0.4) is 0 Å². The Balaban J connectivity index is 1.95. The molecule has 0 amide bonds. The minimum atomic E-state index is -0.932. The molecule has 0 aliphatic carbocycles. The maximum atomic E-state index is 10.7.